The summed E-state index contributed by atoms with van der Waals surface area (Å²) in [4.78, 5) is 22.4. The van der Waals surface area contributed by atoms with E-state index in [0.717, 1.165) is 12.5 Å². The predicted octanol–water partition coefficient (Wildman–Crippen LogP) is 0.875. The largest absolute Gasteiger partial charge is 0.475 e. The molecule has 1 heterocycles. The van der Waals surface area contributed by atoms with Gasteiger partial charge in [0.25, 0.3) is 0 Å². The topological polar surface area (TPSA) is 82.1 Å². The average Bonchev–Trinajstić information content (AvgIpc) is 2.66. The summed E-state index contributed by atoms with van der Waals surface area (Å²) in [5.74, 6) is -4.59. The summed E-state index contributed by atoms with van der Waals surface area (Å²) < 4.78 is 14.1. The first-order valence-electron chi connectivity index (χ1n) is 4.90. The molecule has 1 N–H and O–H groups in total. The zero-order chi connectivity index (χ0) is 12.2. The van der Waals surface area contributed by atoms with Gasteiger partial charge >= 0.3 is 17.7 Å². The Morgan fingerprint density at radius 1 is 1.38 bits per heavy atom. The highest BCUT2D eigenvalue weighted by Gasteiger charge is 2.55. The van der Waals surface area contributed by atoms with Crippen molar-refractivity contribution in [3.05, 3.63) is 12.5 Å². The number of hydrogen-bond donors (Lipinski definition) is 1. The summed E-state index contributed by atoms with van der Waals surface area (Å²) in [5, 5.41) is 8.85. The Balaban J connectivity index is 2.53. The standard InChI is InChI=1S/C10H14O6/c1-7(2)3-4-14-9(13)10(8(11)12)15-5-6-16-10/h5-7H,3-4H2,1-2H3,(H,11,12). The quantitative estimate of drug-likeness (QED) is 0.557. The van der Waals surface area contributed by atoms with Gasteiger partial charge in [0, 0.05) is 0 Å². The van der Waals surface area contributed by atoms with E-state index in [1.54, 1.807) is 0 Å². The van der Waals surface area contributed by atoms with Gasteiger partial charge in [-0.1, -0.05) is 13.8 Å². The third-order valence-corrected chi connectivity index (χ3v) is 2.00. The Labute approximate surface area is 92.8 Å². The van der Waals surface area contributed by atoms with Crippen molar-refractivity contribution < 1.29 is 28.9 Å². The van der Waals surface area contributed by atoms with E-state index in [2.05, 4.69) is 9.47 Å². The molecule has 0 saturated carbocycles. The van der Waals surface area contributed by atoms with Crippen molar-refractivity contribution in [3.63, 3.8) is 0 Å². The lowest BCUT2D eigenvalue weighted by atomic mass is 10.1. The number of esters is 1. The maximum atomic E-state index is 11.5. The van der Waals surface area contributed by atoms with Crippen molar-refractivity contribution in [3.8, 4) is 0 Å². The number of aliphatic carboxylic acids is 1. The van der Waals surface area contributed by atoms with Crippen LogP contribution >= 0.6 is 0 Å². The molecule has 16 heavy (non-hydrogen) atoms. The highest BCUT2D eigenvalue weighted by atomic mass is 16.8. The maximum Gasteiger partial charge on any atom is 0.452 e. The van der Waals surface area contributed by atoms with Crippen LogP contribution in [-0.2, 0) is 23.8 Å². The Morgan fingerprint density at radius 2 is 1.94 bits per heavy atom. The SMILES string of the molecule is CC(C)CCOC(=O)C1(C(=O)O)OC=CO1. The minimum atomic E-state index is -2.36. The van der Waals surface area contributed by atoms with Crippen LogP contribution in [0.1, 0.15) is 20.3 Å². The van der Waals surface area contributed by atoms with Gasteiger partial charge in [0.2, 0.25) is 0 Å². The van der Waals surface area contributed by atoms with Crippen molar-refractivity contribution in [1.82, 2.24) is 0 Å². The summed E-state index contributed by atoms with van der Waals surface area (Å²) in [7, 11) is 0. The minimum Gasteiger partial charge on any atom is -0.475 e. The Kier molecular flexibility index (Phi) is 3.76. The van der Waals surface area contributed by atoms with Gasteiger partial charge in [-0.2, -0.15) is 0 Å². The second-order valence-electron chi connectivity index (χ2n) is 3.75. The lowest BCUT2D eigenvalue weighted by Crippen LogP contribution is -2.48. The molecule has 0 bridgehead atoms. The molecule has 0 aromatic carbocycles. The Hall–Kier alpha value is -1.72. The molecule has 0 spiro atoms. The van der Waals surface area contributed by atoms with Crippen LogP contribution in [-0.4, -0.2) is 29.4 Å². The molecule has 90 valence electrons. The summed E-state index contributed by atoms with van der Waals surface area (Å²) in [6.07, 6.45) is 2.64. The normalized spacial score (nSPS) is 16.7. The van der Waals surface area contributed by atoms with Gasteiger partial charge in [-0.25, -0.2) is 9.59 Å². The fourth-order valence-corrected chi connectivity index (χ4v) is 1.04. The van der Waals surface area contributed by atoms with E-state index < -0.39 is 17.7 Å². The predicted molar refractivity (Wildman–Crippen MR) is 52.1 cm³/mol. The molecule has 1 rings (SSSR count). The van der Waals surface area contributed by atoms with E-state index in [9.17, 15) is 9.59 Å². The number of carboxylic acid groups (broad SMARTS) is 1. The zero-order valence-electron chi connectivity index (χ0n) is 9.13. The van der Waals surface area contributed by atoms with Gasteiger partial charge in [0.15, 0.2) is 0 Å². The molecule has 6 heteroatoms. The van der Waals surface area contributed by atoms with Gasteiger partial charge in [-0.05, 0) is 12.3 Å². The molecule has 0 radical (unpaired) electrons. The number of hydrogen-bond acceptors (Lipinski definition) is 5. The molecule has 0 aliphatic carbocycles. The number of rotatable bonds is 5. The summed E-state index contributed by atoms with van der Waals surface area (Å²) in [6.45, 7) is 4.06. The lowest BCUT2D eigenvalue weighted by Gasteiger charge is -2.20. The number of carbonyl (C=O) groups excluding carboxylic acids is 1. The van der Waals surface area contributed by atoms with Gasteiger partial charge in [0.05, 0.1) is 6.61 Å². The highest BCUT2D eigenvalue weighted by Crippen LogP contribution is 2.22. The molecule has 0 unspecified atom stereocenters. The van der Waals surface area contributed by atoms with E-state index in [4.69, 9.17) is 9.84 Å². The first-order valence-corrected chi connectivity index (χ1v) is 4.90. The van der Waals surface area contributed by atoms with Gasteiger partial charge < -0.3 is 19.3 Å². The molecule has 0 aromatic heterocycles. The monoisotopic (exact) mass is 230 g/mol. The zero-order valence-corrected chi connectivity index (χ0v) is 9.13. The molecule has 6 nitrogen and oxygen atoms in total. The van der Waals surface area contributed by atoms with Crippen molar-refractivity contribution in [1.29, 1.82) is 0 Å². The van der Waals surface area contributed by atoms with E-state index >= 15 is 0 Å². The van der Waals surface area contributed by atoms with Crippen LogP contribution in [0.4, 0.5) is 0 Å². The molecular formula is C10H14O6. The summed E-state index contributed by atoms with van der Waals surface area (Å²) in [5.41, 5.74) is 0. The first-order chi connectivity index (χ1) is 7.49. The van der Waals surface area contributed by atoms with Crippen LogP contribution in [0.2, 0.25) is 0 Å². The molecule has 0 saturated heterocycles. The lowest BCUT2D eigenvalue weighted by molar-refractivity contribution is -0.213. The smallest absolute Gasteiger partial charge is 0.452 e. The van der Waals surface area contributed by atoms with Crippen LogP contribution in [0.5, 0.6) is 0 Å². The van der Waals surface area contributed by atoms with Crippen LogP contribution in [0.15, 0.2) is 12.5 Å². The van der Waals surface area contributed by atoms with Crippen LogP contribution < -0.4 is 0 Å². The molecule has 1 aliphatic rings. The summed E-state index contributed by atoms with van der Waals surface area (Å²) >= 11 is 0. The van der Waals surface area contributed by atoms with Crippen molar-refractivity contribution in [2.24, 2.45) is 5.92 Å². The number of carboxylic acids is 1. The number of carbonyl (C=O) groups is 2. The van der Waals surface area contributed by atoms with E-state index in [1.165, 1.54) is 0 Å². The van der Waals surface area contributed by atoms with Gasteiger partial charge in [-0.3, -0.25) is 0 Å². The molecule has 0 amide bonds. The van der Waals surface area contributed by atoms with Gasteiger partial charge in [-0.15, -0.1) is 0 Å². The third-order valence-electron chi connectivity index (χ3n) is 2.00. The van der Waals surface area contributed by atoms with Crippen LogP contribution in [0.3, 0.4) is 0 Å². The van der Waals surface area contributed by atoms with Crippen molar-refractivity contribution >= 4 is 11.9 Å². The third kappa shape index (κ3) is 2.44. The molecule has 0 aromatic rings. The van der Waals surface area contributed by atoms with E-state index in [-0.39, 0.29) is 6.61 Å². The minimum absolute atomic E-state index is 0.137. The van der Waals surface area contributed by atoms with Crippen LogP contribution in [0, 0.1) is 5.92 Å². The second-order valence-corrected chi connectivity index (χ2v) is 3.75. The Bertz CT molecular complexity index is 298. The van der Waals surface area contributed by atoms with Crippen molar-refractivity contribution in [2.75, 3.05) is 6.61 Å². The van der Waals surface area contributed by atoms with E-state index in [0.29, 0.717) is 12.3 Å². The fraction of sp³-hybridized carbons (Fsp3) is 0.600. The summed E-state index contributed by atoms with van der Waals surface area (Å²) in [6, 6.07) is 0. The molecule has 0 atom stereocenters. The fourth-order valence-electron chi connectivity index (χ4n) is 1.04. The molecular weight excluding hydrogens is 216 g/mol. The number of ether oxygens (including phenoxy) is 3. The van der Waals surface area contributed by atoms with Gasteiger partial charge in [0.1, 0.15) is 12.5 Å². The molecule has 1 aliphatic heterocycles. The average molecular weight is 230 g/mol. The maximum absolute atomic E-state index is 11.5. The van der Waals surface area contributed by atoms with Crippen LogP contribution in [0.25, 0.3) is 0 Å². The first kappa shape index (κ1) is 12.4. The molecule has 0 fully saturated rings. The van der Waals surface area contributed by atoms with Crippen molar-refractivity contribution in [2.45, 2.75) is 26.1 Å². The second kappa shape index (κ2) is 4.87. The Morgan fingerprint density at radius 3 is 2.38 bits per heavy atom. The highest BCUT2D eigenvalue weighted by molar-refractivity contribution is 6.01. The van der Waals surface area contributed by atoms with E-state index in [1.807, 2.05) is 13.8 Å².